The van der Waals surface area contributed by atoms with Gasteiger partial charge in [0.2, 0.25) is 0 Å². The summed E-state index contributed by atoms with van der Waals surface area (Å²) >= 11 is 0. The SMILES string of the molecule is CCOC(C)C(=O)[O-].[K+]. The van der Waals surface area contributed by atoms with Crippen molar-refractivity contribution in [2.45, 2.75) is 20.0 Å². The van der Waals surface area contributed by atoms with Gasteiger partial charge in [0.25, 0.3) is 0 Å². The van der Waals surface area contributed by atoms with Crippen LogP contribution in [-0.2, 0) is 9.53 Å². The van der Waals surface area contributed by atoms with Crippen LogP contribution >= 0.6 is 0 Å². The normalized spacial score (nSPS) is 11.8. The van der Waals surface area contributed by atoms with E-state index in [1.165, 1.54) is 6.92 Å². The molecule has 0 aliphatic heterocycles. The van der Waals surface area contributed by atoms with Crippen LogP contribution in [0.3, 0.4) is 0 Å². The minimum atomic E-state index is -1.16. The number of carbonyl (C=O) groups excluding carboxylic acids is 1. The first-order chi connectivity index (χ1) is 3.68. The molecule has 0 saturated carbocycles. The second kappa shape index (κ2) is 7.18. The number of aliphatic carboxylic acids is 1. The van der Waals surface area contributed by atoms with Gasteiger partial charge in [-0.05, 0) is 13.8 Å². The van der Waals surface area contributed by atoms with Gasteiger partial charge >= 0.3 is 51.4 Å². The van der Waals surface area contributed by atoms with Gasteiger partial charge in [-0.1, -0.05) is 0 Å². The van der Waals surface area contributed by atoms with Gasteiger partial charge in [0.1, 0.15) is 0 Å². The Morgan fingerprint density at radius 2 is 2.22 bits per heavy atom. The minimum Gasteiger partial charge on any atom is -0.547 e. The van der Waals surface area contributed by atoms with Gasteiger partial charge in [-0.2, -0.15) is 0 Å². The molecular weight excluding hydrogens is 147 g/mol. The van der Waals surface area contributed by atoms with Gasteiger partial charge in [-0.3, -0.25) is 0 Å². The van der Waals surface area contributed by atoms with E-state index in [-0.39, 0.29) is 51.4 Å². The Labute approximate surface area is 97.2 Å². The third-order valence-electron chi connectivity index (χ3n) is 0.749. The molecule has 4 heteroatoms. The molecule has 0 heterocycles. The summed E-state index contributed by atoms with van der Waals surface area (Å²) in [7, 11) is 0. The predicted molar refractivity (Wildman–Crippen MR) is 26.1 cm³/mol. The molecule has 0 spiro atoms. The van der Waals surface area contributed by atoms with Crippen molar-refractivity contribution in [1.82, 2.24) is 0 Å². The molecule has 0 saturated heterocycles. The van der Waals surface area contributed by atoms with Crippen molar-refractivity contribution in [3.63, 3.8) is 0 Å². The van der Waals surface area contributed by atoms with Gasteiger partial charge in [0.15, 0.2) is 0 Å². The molecule has 0 aromatic rings. The number of ether oxygens (including phenoxy) is 1. The van der Waals surface area contributed by atoms with E-state index in [0.29, 0.717) is 6.61 Å². The molecule has 1 unspecified atom stereocenters. The number of hydrogen-bond donors (Lipinski definition) is 0. The number of carboxylic acid groups (broad SMARTS) is 1. The van der Waals surface area contributed by atoms with Crippen LogP contribution in [-0.4, -0.2) is 18.7 Å². The van der Waals surface area contributed by atoms with E-state index in [2.05, 4.69) is 4.74 Å². The van der Waals surface area contributed by atoms with Crippen LogP contribution in [0.25, 0.3) is 0 Å². The number of carbonyl (C=O) groups is 1. The average Bonchev–Trinajstić information content (AvgIpc) is 1.67. The summed E-state index contributed by atoms with van der Waals surface area (Å²) in [4.78, 5) is 9.85. The Morgan fingerprint density at radius 3 is 2.33 bits per heavy atom. The zero-order valence-corrected chi connectivity index (χ0v) is 9.13. The standard InChI is InChI=1S/C5H10O3.K/c1-3-8-4(2)5(6)7;/h4H,3H2,1-2H3,(H,6,7);/q;+1/p-1. The van der Waals surface area contributed by atoms with Crippen molar-refractivity contribution in [2.24, 2.45) is 0 Å². The van der Waals surface area contributed by atoms with Gasteiger partial charge < -0.3 is 14.6 Å². The van der Waals surface area contributed by atoms with Crippen molar-refractivity contribution in [3.8, 4) is 0 Å². The second-order valence-electron chi connectivity index (χ2n) is 1.42. The van der Waals surface area contributed by atoms with Gasteiger partial charge in [-0.15, -0.1) is 0 Å². The monoisotopic (exact) mass is 156 g/mol. The molecule has 0 N–H and O–H groups in total. The van der Waals surface area contributed by atoms with Crippen molar-refractivity contribution in [3.05, 3.63) is 0 Å². The quantitative estimate of drug-likeness (QED) is 0.393. The average molecular weight is 156 g/mol. The molecule has 1 atom stereocenters. The van der Waals surface area contributed by atoms with E-state index < -0.39 is 12.1 Å². The fourth-order valence-corrected chi connectivity index (χ4v) is 0.318. The van der Waals surface area contributed by atoms with Crippen molar-refractivity contribution >= 4 is 5.97 Å². The molecule has 0 amide bonds. The Kier molecular flexibility index (Phi) is 10.1. The van der Waals surface area contributed by atoms with Crippen LogP contribution in [0.5, 0.6) is 0 Å². The third kappa shape index (κ3) is 6.96. The molecular formula is C5H9KO3. The van der Waals surface area contributed by atoms with E-state index in [4.69, 9.17) is 0 Å². The maximum atomic E-state index is 9.85. The van der Waals surface area contributed by atoms with Crippen molar-refractivity contribution in [1.29, 1.82) is 0 Å². The molecule has 3 nitrogen and oxygen atoms in total. The summed E-state index contributed by atoms with van der Waals surface area (Å²) in [5.74, 6) is -1.16. The third-order valence-corrected chi connectivity index (χ3v) is 0.749. The maximum absolute atomic E-state index is 9.85. The summed E-state index contributed by atoms with van der Waals surface area (Å²) in [6.45, 7) is 3.59. The van der Waals surface area contributed by atoms with E-state index in [9.17, 15) is 9.90 Å². The van der Waals surface area contributed by atoms with Gasteiger partial charge in [0, 0.05) is 6.61 Å². The molecule has 0 bridgehead atoms. The second-order valence-corrected chi connectivity index (χ2v) is 1.42. The van der Waals surface area contributed by atoms with Crippen LogP contribution in [0.1, 0.15) is 13.8 Å². The summed E-state index contributed by atoms with van der Waals surface area (Å²) in [6.07, 6.45) is -0.778. The van der Waals surface area contributed by atoms with E-state index in [1.807, 2.05) is 0 Å². The molecule has 9 heavy (non-hydrogen) atoms. The molecule has 0 fully saturated rings. The van der Waals surface area contributed by atoms with Gasteiger partial charge in [-0.25, -0.2) is 0 Å². The first-order valence-electron chi connectivity index (χ1n) is 2.51. The van der Waals surface area contributed by atoms with Crippen molar-refractivity contribution < 1.29 is 66.0 Å². The molecule has 0 radical (unpaired) electrons. The molecule has 0 aromatic heterocycles. The number of carboxylic acids is 1. The summed E-state index contributed by atoms with van der Waals surface area (Å²) in [6, 6.07) is 0. The van der Waals surface area contributed by atoms with Crippen LogP contribution in [0.15, 0.2) is 0 Å². The Morgan fingerprint density at radius 1 is 1.78 bits per heavy atom. The van der Waals surface area contributed by atoms with E-state index >= 15 is 0 Å². The first kappa shape index (κ1) is 12.7. The van der Waals surface area contributed by atoms with Crippen LogP contribution in [0.4, 0.5) is 0 Å². The van der Waals surface area contributed by atoms with Gasteiger partial charge in [0.05, 0.1) is 12.1 Å². The molecule has 0 aliphatic rings. The molecule has 0 aromatic carbocycles. The Bertz CT molecular complexity index is 84.3. The summed E-state index contributed by atoms with van der Waals surface area (Å²) in [5.41, 5.74) is 0. The van der Waals surface area contributed by atoms with E-state index in [1.54, 1.807) is 6.92 Å². The minimum absolute atomic E-state index is 0. The Hall–Kier alpha value is 1.07. The molecule has 0 rings (SSSR count). The number of rotatable bonds is 3. The molecule has 48 valence electrons. The van der Waals surface area contributed by atoms with E-state index in [0.717, 1.165) is 0 Å². The van der Waals surface area contributed by atoms with Crippen LogP contribution < -0.4 is 56.5 Å². The summed E-state index contributed by atoms with van der Waals surface area (Å²) in [5, 5.41) is 9.85. The zero-order valence-electron chi connectivity index (χ0n) is 6.01. The number of hydrogen-bond acceptors (Lipinski definition) is 3. The predicted octanol–water partition coefficient (Wildman–Crippen LogP) is -3.83. The molecule has 0 aliphatic carbocycles. The fraction of sp³-hybridized carbons (Fsp3) is 0.800. The van der Waals surface area contributed by atoms with Crippen molar-refractivity contribution in [2.75, 3.05) is 6.61 Å². The Balaban J connectivity index is 0. The maximum Gasteiger partial charge on any atom is 1.00 e. The van der Waals surface area contributed by atoms with Crippen LogP contribution in [0.2, 0.25) is 0 Å². The summed E-state index contributed by atoms with van der Waals surface area (Å²) < 4.78 is 4.64. The topological polar surface area (TPSA) is 49.4 Å². The fourth-order valence-electron chi connectivity index (χ4n) is 0.318. The largest absolute Gasteiger partial charge is 1.00 e. The smallest absolute Gasteiger partial charge is 0.547 e. The first-order valence-corrected chi connectivity index (χ1v) is 2.51. The van der Waals surface area contributed by atoms with Crippen LogP contribution in [0, 0.1) is 0 Å². The zero-order chi connectivity index (χ0) is 6.57.